The summed E-state index contributed by atoms with van der Waals surface area (Å²) in [4.78, 5) is 16.0. The Morgan fingerprint density at radius 2 is 1.88 bits per heavy atom. The standard InChI is InChI=1S/C17H14F2N4O/c1-23-16(11-4-6-20-7-5-11)9-13(22-23)10-21-17(24)12-2-3-14(18)15(19)8-12/h2-9H,10H2,1H3,(H,21,24). The Balaban J connectivity index is 1.71. The Bertz CT molecular complexity index is 878. The van der Waals surface area contributed by atoms with Gasteiger partial charge in [0.2, 0.25) is 0 Å². The first kappa shape index (κ1) is 15.8. The molecular weight excluding hydrogens is 314 g/mol. The van der Waals surface area contributed by atoms with E-state index in [0.717, 1.165) is 23.4 Å². The highest BCUT2D eigenvalue weighted by Crippen LogP contribution is 2.18. The number of amides is 1. The van der Waals surface area contributed by atoms with Crippen LogP contribution in [0.25, 0.3) is 11.3 Å². The Morgan fingerprint density at radius 3 is 2.58 bits per heavy atom. The van der Waals surface area contributed by atoms with Gasteiger partial charge in [0.05, 0.1) is 17.9 Å². The minimum Gasteiger partial charge on any atom is -0.346 e. The molecule has 2 heterocycles. The van der Waals surface area contributed by atoms with Crippen molar-refractivity contribution < 1.29 is 13.6 Å². The van der Waals surface area contributed by atoms with Gasteiger partial charge in [0.1, 0.15) is 0 Å². The molecule has 1 N–H and O–H groups in total. The van der Waals surface area contributed by atoms with Crippen LogP contribution in [0.15, 0.2) is 48.8 Å². The highest BCUT2D eigenvalue weighted by molar-refractivity contribution is 5.94. The van der Waals surface area contributed by atoms with Gasteiger partial charge < -0.3 is 5.32 Å². The highest BCUT2D eigenvalue weighted by Gasteiger charge is 2.11. The van der Waals surface area contributed by atoms with Gasteiger partial charge in [-0.25, -0.2) is 8.78 Å². The molecule has 1 amide bonds. The zero-order valence-corrected chi connectivity index (χ0v) is 12.8. The lowest BCUT2D eigenvalue weighted by atomic mass is 10.2. The SMILES string of the molecule is Cn1nc(CNC(=O)c2ccc(F)c(F)c2)cc1-c1ccncc1. The molecule has 3 aromatic rings. The predicted molar refractivity (Wildman–Crippen MR) is 84.0 cm³/mol. The third-order valence-corrected chi connectivity index (χ3v) is 3.52. The Labute approximate surface area is 137 Å². The molecule has 0 bridgehead atoms. The van der Waals surface area contributed by atoms with Gasteiger partial charge in [-0.2, -0.15) is 5.10 Å². The van der Waals surface area contributed by atoms with Crippen LogP contribution in [0.4, 0.5) is 8.78 Å². The van der Waals surface area contributed by atoms with E-state index in [-0.39, 0.29) is 12.1 Å². The van der Waals surface area contributed by atoms with Gasteiger partial charge >= 0.3 is 0 Å². The van der Waals surface area contributed by atoms with Crippen LogP contribution in [0.2, 0.25) is 0 Å². The van der Waals surface area contributed by atoms with Gasteiger partial charge in [0.25, 0.3) is 5.91 Å². The smallest absolute Gasteiger partial charge is 0.251 e. The summed E-state index contributed by atoms with van der Waals surface area (Å²) in [6, 6.07) is 8.59. The van der Waals surface area contributed by atoms with E-state index >= 15 is 0 Å². The molecule has 0 fully saturated rings. The number of nitrogens with zero attached hydrogens (tertiary/aromatic N) is 3. The van der Waals surface area contributed by atoms with Crippen LogP contribution in [-0.2, 0) is 13.6 Å². The summed E-state index contributed by atoms with van der Waals surface area (Å²) in [5.74, 6) is -2.54. The fourth-order valence-electron chi connectivity index (χ4n) is 2.32. The first-order chi connectivity index (χ1) is 11.5. The van der Waals surface area contributed by atoms with Crippen LogP contribution < -0.4 is 5.32 Å². The second-order valence-electron chi connectivity index (χ2n) is 5.19. The molecule has 7 heteroatoms. The molecular formula is C17H14F2N4O. The number of carbonyl (C=O) groups excluding carboxylic acids is 1. The van der Waals surface area contributed by atoms with Gasteiger partial charge in [0.15, 0.2) is 11.6 Å². The average Bonchev–Trinajstić information content (AvgIpc) is 2.97. The molecule has 24 heavy (non-hydrogen) atoms. The summed E-state index contributed by atoms with van der Waals surface area (Å²) in [6.07, 6.45) is 3.37. The number of pyridine rings is 1. The molecule has 0 saturated carbocycles. The third kappa shape index (κ3) is 3.29. The fraction of sp³-hybridized carbons (Fsp3) is 0.118. The van der Waals surface area contributed by atoms with Crippen molar-refractivity contribution in [3.8, 4) is 11.3 Å². The van der Waals surface area contributed by atoms with Gasteiger partial charge in [-0.15, -0.1) is 0 Å². The Morgan fingerprint density at radius 1 is 1.12 bits per heavy atom. The lowest BCUT2D eigenvalue weighted by Gasteiger charge is -2.03. The molecule has 122 valence electrons. The van der Waals surface area contributed by atoms with Crippen molar-refractivity contribution >= 4 is 5.91 Å². The molecule has 0 spiro atoms. The van der Waals surface area contributed by atoms with E-state index in [1.165, 1.54) is 6.07 Å². The second-order valence-corrected chi connectivity index (χ2v) is 5.19. The van der Waals surface area contributed by atoms with Crippen molar-refractivity contribution in [2.75, 3.05) is 0 Å². The number of aromatic nitrogens is 3. The summed E-state index contributed by atoms with van der Waals surface area (Å²) in [5, 5.41) is 6.97. The van der Waals surface area contributed by atoms with Gasteiger partial charge in [-0.3, -0.25) is 14.5 Å². The molecule has 0 radical (unpaired) electrons. The molecule has 5 nitrogen and oxygen atoms in total. The average molecular weight is 328 g/mol. The molecule has 1 aromatic carbocycles. The minimum absolute atomic E-state index is 0.0548. The quantitative estimate of drug-likeness (QED) is 0.801. The maximum absolute atomic E-state index is 13.2. The van der Waals surface area contributed by atoms with Gasteiger partial charge in [-0.05, 0) is 36.4 Å². The molecule has 2 aromatic heterocycles. The van der Waals surface area contributed by atoms with Crippen LogP contribution in [0.5, 0.6) is 0 Å². The molecule has 0 aliphatic carbocycles. The molecule has 0 atom stereocenters. The van der Waals surface area contributed by atoms with Crippen LogP contribution in [0.3, 0.4) is 0 Å². The lowest BCUT2D eigenvalue weighted by Crippen LogP contribution is -2.23. The summed E-state index contributed by atoms with van der Waals surface area (Å²) in [6.45, 7) is 0.177. The zero-order valence-electron chi connectivity index (χ0n) is 12.8. The zero-order chi connectivity index (χ0) is 17.1. The number of halogens is 2. The number of rotatable bonds is 4. The number of aryl methyl sites for hydroxylation is 1. The van der Waals surface area contributed by atoms with Crippen molar-refractivity contribution in [1.29, 1.82) is 0 Å². The van der Waals surface area contributed by atoms with Crippen molar-refractivity contribution in [2.45, 2.75) is 6.54 Å². The summed E-state index contributed by atoms with van der Waals surface area (Å²) in [5.41, 5.74) is 2.55. The maximum atomic E-state index is 13.2. The van der Waals surface area contributed by atoms with Gasteiger partial charge in [-0.1, -0.05) is 0 Å². The molecule has 0 saturated heterocycles. The minimum atomic E-state index is -1.06. The summed E-state index contributed by atoms with van der Waals surface area (Å²) < 4.78 is 27.8. The number of hydrogen-bond donors (Lipinski definition) is 1. The highest BCUT2D eigenvalue weighted by atomic mass is 19.2. The topological polar surface area (TPSA) is 59.8 Å². The van der Waals surface area contributed by atoms with E-state index in [1.807, 2.05) is 18.2 Å². The molecule has 0 unspecified atom stereocenters. The van der Waals surface area contributed by atoms with Crippen molar-refractivity contribution in [2.24, 2.45) is 7.05 Å². The number of carbonyl (C=O) groups is 1. The maximum Gasteiger partial charge on any atom is 0.251 e. The van der Waals surface area contributed by atoms with Crippen molar-refractivity contribution in [1.82, 2.24) is 20.1 Å². The number of hydrogen-bond acceptors (Lipinski definition) is 3. The van der Waals surface area contributed by atoms with Crippen LogP contribution in [0, 0.1) is 11.6 Å². The number of nitrogens with one attached hydrogen (secondary N) is 1. The van der Waals surface area contributed by atoms with Crippen LogP contribution in [-0.4, -0.2) is 20.7 Å². The Hall–Kier alpha value is -3.09. The summed E-state index contributed by atoms with van der Waals surface area (Å²) >= 11 is 0. The van der Waals surface area contributed by atoms with E-state index in [2.05, 4.69) is 15.4 Å². The Kier molecular flexibility index (Phi) is 4.33. The van der Waals surface area contributed by atoms with Gasteiger partial charge in [0, 0.05) is 30.6 Å². The molecule has 3 rings (SSSR count). The normalized spacial score (nSPS) is 10.6. The fourth-order valence-corrected chi connectivity index (χ4v) is 2.32. The molecule has 0 aliphatic heterocycles. The van der Waals surface area contributed by atoms with E-state index in [4.69, 9.17) is 0 Å². The monoisotopic (exact) mass is 328 g/mol. The lowest BCUT2D eigenvalue weighted by molar-refractivity contribution is 0.0950. The predicted octanol–water partition coefficient (Wildman–Crippen LogP) is 2.69. The van der Waals surface area contributed by atoms with E-state index < -0.39 is 17.5 Å². The van der Waals surface area contributed by atoms with Crippen LogP contribution in [0.1, 0.15) is 16.1 Å². The summed E-state index contributed by atoms with van der Waals surface area (Å²) in [7, 11) is 1.80. The van der Waals surface area contributed by atoms with Crippen LogP contribution >= 0.6 is 0 Å². The second kappa shape index (κ2) is 6.57. The largest absolute Gasteiger partial charge is 0.346 e. The molecule has 0 aliphatic rings. The van der Waals surface area contributed by atoms with E-state index in [1.54, 1.807) is 24.1 Å². The number of benzene rings is 1. The van der Waals surface area contributed by atoms with Crippen molar-refractivity contribution in [3.05, 3.63) is 71.7 Å². The van der Waals surface area contributed by atoms with E-state index in [9.17, 15) is 13.6 Å². The van der Waals surface area contributed by atoms with E-state index in [0.29, 0.717) is 5.69 Å². The third-order valence-electron chi connectivity index (χ3n) is 3.52. The van der Waals surface area contributed by atoms with Crippen molar-refractivity contribution in [3.63, 3.8) is 0 Å². The first-order valence-corrected chi connectivity index (χ1v) is 7.21. The first-order valence-electron chi connectivity index (χ1n) is 7.21.